The molecule has 0 aliphatic carbocycles. The fourth-order valence-corrected chi connectivity index (χ4v) is 4.24. The second-order valence-corrected chi connectivity index (χ2v) is 7.49. The van der Waals surface area contributed by atoms with Gasteiger partial charge in [-0.15, -0.1) is 11.3 Å². The van der Waals surface area contributed by atoms with Crippen molar-refractivity contribution >= 4 is 28.4 Å². The van der Waals surface area contributed by atoms with Crippen LogP contribution in [0.1, 0.15) is 53.5 Å². The minimum atomic E-state index is -0.111. The maximum absolute atomic E-state index is 12.7. The fraction of sp³-hybridized carbons (Fsp3) is 0.421. The lowest BCUT2D eigenvalue weighted by Gasteiger charge is -2.23. The summed E-state index contributed by atoms with van der Waals surface area (Å²) in [5.74, 6) is -0.111. The predicted molar refractivity (Wildman–Crippen MR) is 101 cm³/mol. The summed E-state index contributed by atoms with van der Waals surface area (Å²) < 4.78 is 7.54. The molecule has 6 nitrogen and oxygen atoms in total. The Bertz CT molecular complexity index is 884. The number of rotatable bonds is 5. The Hall–Kier alpha value is -2.25. The average molecular weight is 370 g/mol. The molecular weight excluding hydrogens is 348 g/mol. The summed E-state index contributed by atoms with van der Waals surface area (Å²) >= 11 is 1.66. The van der Waals surface area contributed by atoms with E-state index in [1.54, 1.807) is 17.5 Å². The highest BCUT2D eigenvalue weighted by atomic mass is 32.1. The first-order chi connectivity index (χ1) is 12.8. The number of hydrogen-bond donors (Lipinski definition) is 1. The van der Waals surface area contributed by atoms with E-state index in [9.17, 15) is 4.79 Å². The van der Waals surface area contributed by atoms with Crippen molar-refractivity contribution in [3.8, 4) is 0 Å². The number of amides is 1. The lowest BCUT2D eigenvalue weighted by molar-refractivity contribution is 0.0704. The van der Waals surface area contributed by atoms with Gasteiger partial charge in [-0.3, -0.25) is 4.79 Å². The molecule has 26 heavy (non-hydrogen) atoms. The zero-order chi connectivity index (χ0) is 17.9. The first-order valence-electron chi connectivity index (χ1n) is 9.01. The van der Waals surface area contributed by atoms with Crippen LogP contribution in [-0.4, -0.2) is 33.7 Å². The first-order valence-corrected chi connectivity index (χ1v) is 9.89. The van der Waals surface area contributed by atoms with Gasteiger partial charge in [-0.25, -0.2) is 9.97 Å². The first kappa shape index (κ1) is 17.2. The van der Waals surface area contributed by atoms with Crippen LogP contribution in [0.5, 0.6) is 0 Å². The quantitative estimate of drug-likeness (QED) is 0.743. The van der Waals surface area contributed by atoms with Crippen LogP contribution in [0.25, 0.3) is 11.2 Å². The topological polar surface area (TPSA) is 69.0 Å². The Balaban J connectivity index is 1.54. The molecule has 0 radical (unpaired) electrons. The molecule has 0 aromatic carbocycles. The largest absolute Gasteiger partial charge is 0.381 e. The number of fused-ring (bicyclic) bond motifs is 1. The van der Waals surface area contributed by atoms with Crippen LogP contribution in [0, 0.1) is 0 Å². The Morgan fingerprint density at radius 3 is 3.00 bits per heavy atom. The predicted octanol–water partition coefficient (Wildman–Crippen LogP) is 3.73. The van der Waals surface area contributed by atoms with Crippen LogP contribution >= 0.6 is 11.3 Å². The van der Waals surface area contributed by atoms with Crippen molar-refractivity contribution in [1.29, 1.82) is 0 Å². The molecule has 1 aliphatic rings. The van der Waals surface area contributed by atoms with Gasteiger partial charge in [-0.1, -0.05) is 13.0 Å². The SMILES string of the molecule is CCC(NC(=O)c1cnc2c(c1)ncn2C1CCOCC1)c1cccs1. The molecule has 4 heterocycles. The third kappa shape index (κ3) is 3.37. The maximum atomic E-state index is 12.7. The molecule has 4 rings (SSSR count). The molecule has 3 aromatic heterocycles. The van der Waals surface area contributed by atoms with Gasteiger partial charge in [-0.2, -0.15) is 0 Å². The number of nitrogens with zero attached hydrogens (tertiary/aromatic N) is 3. The van der Waals surface area contributed by atoms with Crippen LogP contribution in [0.2, 0.25) is 0 Å². The van der Waals surface area contributed by atoms with Gasteiger partial charge in [0.15, 0.2) is 5.65 Å². The third-order valence-corrected chi connectivity index (χ3v) is 5.85. The summed E-state index contributed by atoms with van der Waals surface area (Å²) in [4.78, 5) is 22.8. The molecule has 7 heteroatoms. The lowest BCUT2D eigenvalue weighted by Crippen LogP contribution is -2.27. The molecule has 1 fully saturated rings. The smallest absolute Gasteiger partial charge is 0.253 e. The Morgan fingerprint density at radius 2 is 2.27 bits per heavy atom. The highest BCUT2D eigenvalue weighted by Crippen LogP contribution is 2.25. The number of carbonyl (C=O) groups is 1. The minimum Gasteiger partial charge on any atom is -0.381 e. The standard InChI is InChI=1S/C19H22N4O2S/c1-2-15(17-4-3-9-26-17)22-19(24)13-10-16-18(20-11-13)23(12-21-16)14-5-7-25-8-6-14/h3-4,9-12,14-15H,2,5-8H2,1H3,(H,22,24). The highest BCUT2D eigenvalue weighted by molar-refractivity contribution is 7.10. The van der Waals surface area contributed by atoms with E-state index in [2.05, 4.69) is 32.8 Å². The number of aromatic nitrogens is 3. The molecule has 1 unspecified atom stereocenters. The zero-order valence-electron chi connectivity index (χ0n) is 14.7. The van der Waals surface area contributed by atoms with Crippen molar-refractivity contribution in [2.75, 3.05) is 13.2 Å². The summed E-state index contributed by atoms with van der Waals surface area (Å²) in [6.07, 6.45) is 6.26. The van der Waals surface area contributed by atoms with E-state index >= 15 is 0 Å². The van der Waals surface area contributed by atoms with Gasteiger partial charge in [0.1, 0.15) is 5.52 Å². The molecular formula is C19H22N4O2S. The summed E-state index contributed by atoms with van der Waals surface area (Å²) in [6, 6.07) is 6.28. The monoisotopic (exact) mass is 370 g/mol. The Labute approximate surface area is 156 Å². The van der Waals surface area contributed by atoms with Crippen molar-refractivity contribution in [2.45, 2.75) is 38.3 Å². The molecule has 1 amide bonds. The second-order valence-electron chi connectivity index (χ2n) is 6.51. The van der Waals surface area contributed by atoms with Gasteiger partial charge in [0.25, 0.3) is 5.91 Å². The highest BCUT2D eigenvalue weighted by Gasteiger charge is 2.20. The van der Waals surface area contributed by atoms with Gasteiger partial charge in [0, 0.05) is 30.3 Å². The van der Waals surface area contributed by atoms with Gasteiger partial charge in [0.05, 0.1) is 17.9 Å². The van der Waals surface area contributed by atoms with Crippen LogP contribution in [0.15, 0.2) is 36.1 Å². The average Bonchev–Trinajstić information content (AvgIpc) is 3.36. The lowest BCUT2D eigenvalue weighted by atomic mass is 10.1. The van der Waals surface area contributed by atoms with E-state index in [0.29, 0.717) is 11.6 Å². The van der Waals surface area contributed by atoms with Crippen LogP contribution in [0.3, 0.4) is 0 Å². The molecule has 1 saturated heterocycles. The Morgan fingerprint density at radius 1 is 1.42 bits per heavy atom. The van der Waals surface area contributed by atoms with Gasteiger partial charge >= 0.3 is 0 Å². The van der Waals surface area contributed by atoms with Gasteiger partial charge < -0.3 is 14.6 Å². The molecule has 1 aliphatic heterocycles. The molecule has 1 atom stereocenters. The number of hydrogen-bond acceptors (Lipinski definition) is 5. The number of imidazole rings is 1. The van der Waals surface area contributed by atoms with Crippen LogP contribution in [0.4, 0.5) is 0 Å². The number of ether oxygens (including phenoxy) is 1. The minimum absolute atomic E-state index is 0.0259. The van der Waals surface area contributed by atoms with E-state index in [0.717, 1.165) is 43.6 Å². The molecule has 136 valence electrons. The van der Waals surface area contributed by atoms with Crippen LogP contribution < -0.4 is 5.32 Å². The van der Waals surface area contributed by atoms with Gasteiger partial charge in [-0.05, 0) is 36.8 Å². The van der Waals surface area contributed by atoms with Crippen molar-refractivity contribution in [3.05, 3.63) is 46.5 Å². The van der Waals surface area contributed by atoms with Crippen LogP contribution in [-0.2, 0) is 4.74 Å². The van der Waals surface area contributed by atoms with Gasteiger partial charge in [0.2, 0.25) is 0 Å². The number of pyridine rings is 1. The fourth-order valence-electron chi connectivity index (χ4n) is 3.38. The maximum Gasteiger partial charge on any atom is 0.253 e. The normalized spacial score (nSPS) is 16.7. The summed E-state index contributed by atoms with van der Waals surface area (Å²) in [5.41, 5.74) is 2.14. The van der Waals surface area contributed by atoms with E-state index < -0.39 is 0 Å². The van der Waals surface area contributed by atoms with Crippen molar-refractivity contribution in [3.63, 3.8) is 0 Å². The molecule has 0 bridgehead atoms. The zero-order valence-corrected chi connectivity index (χ0v) is 15.5. The number of thiophene rings is 1. The Kier molecular flexibility index (Phi) is 4.99. The molecule has 1 N–H and O–H groups in total. The third-order valence-electron chi connectivity index (χ3n) is 4.86. The van der Waals surface area contributed by atoms with Crippen molar-refractivity contribution in [2.24, 2.45) is 0 Å². The van der Waals surface area contributed by atoms with Crippen molar-refractivity contribution in [1.82, 2.24) is 19.9 Å². The summed E-state index contributed by atoms with van der Waals surface area (Å²) in [5, 5.41) is 5.13. The van der Waals surface area contributed by atoms with Crippen molar-refractivity contribution < 1.29 is 9.53 Å². The van der Waals surface area contributed by atoms with E-state index in [1.807, 2.05) is 23.8 Å². The van der Waals surface area contributed by atoms with E-state index in [4.69, 9.17) is 4.74 Å². The number of carbonyl (C=O) groups excluding carboxylic acids is 1. The molecule has 0 spiro atoms. The molecule has 3 aromatic rings. The summed E-state index contributed by atoms with van der Waals surface area (Å²) in [6.45, 7) is 3.61. The summed E-state index contributed by atoms with van der Waals surface area (Å²) in [7, 11) is 0. The number of nitrogens with one attached hydrogen (secondary N) is 1. The molecule has 0 saturated carbocycles. The second kappa shape index (κ2) is 7.55. The van der Waals surface area contributed by atoms with E-state index in [-0.39, 0.29) is 11.9 Å². The van der Waals surface area contributed by atoms with E-state index in [1.165, 1.54) is 4.88 Å².